The fraction of sp³-hybridized carbons (Fsp3) is 0.111. The molecular weight excluding hydrogens is 325 g/mol. The molecule has 122 valence electrons. The van der Waals surface area contributed by atoms with Gasteiger partial charge in [-0.15, -0.1) is 11.3 Å². The lowest BCUT2D eigenvalue weighted by atomic mass is 10.1. The standard InChI is InChI=1S/C18H16FN3OS/c1-12-21-17(11-24-12)13-4-2-7-16(8-13)22-18(23)10-20-15-6-3-5-14(19)9-15/h2-9,11,20H,10H2,1H3,(H,22,23). The number of aromatic nitrogens is 1. The Labute approximate surface area is 143 Å². The second kappa shape index (κ2) is 7.23. The minimum Gasteiger partial charge on any atom is -0.376 e. The van der Waals surface area contributed by atoms with Crippen LogP contribution < -0.4 is 10.6 Å². The minimum absolute atomic E-state index is 0.0590. The van der Waals surface area contributed by atoms with Crippen molar-refractivity contribution in [3.8, 4) is 11.3 Å². The van der Waals surface area contributed by atoms with E-state index in [0.717, 1.165) is 16.3 Å². The monoisotopic (exact) mass is 341 g/mol. The van der Waals surface area contributed by atoms with E-state index in [1.807, 2.05) is 36.6 Å². The van der Waals surface area contributed by atoms with Crippen molar-refractivity contribution >= 4 is 28.6 Å². The highest BCUT2D eigenvalue weighted by Crippen LogP contribution is 2.24. The number of carbonyl (C=O) groups is 1. The topological polar surface area (TPSA) is 54.0 Å². The number of anilines is 2. The zero-order chi connectivity index (χ0) is 16.9. The molecular formula is C18H16FN3OS. The average Bonchev–Trinajstić information content (AvgIpc) is 3.00. The van der Waals surface area contributed by atoms with E-state index in [1.165, 1.54) is 12.1 Å². The number of thiazole rings is 1. The van der Waals surface area contributed by atoms with Crippen molar-refractivity contribution in [2.45, 2.75) is 6.92 Å². The normalized spacial score (nSPS) is 10.4. The molecule has 0 aliphatic heterocycles. The van der Waals surface area contributed by atoms with E-state index >= 15 is 0 Å². The van der Waals surface area contributed by atoms with Crippen molar-refractivity contribution < 1.29 is 9.18 Å². The van der Waals surface area contributed by atoms with Crippen molar-refractivity contribution in [1.29, 1.82) is 0 Å². The van der Waals surface area contributed by atoms with Gasteiger partial charge < -0.3 is 10.6 Å². The van der Waals surface area contributed by atoms with E-state index in [1.54, 1.807) is 23.5 Å². The van der Waals surface area contributed by atoms with Crippen LogP contribution in [0.15, 0.2) is 53.9 Å². The number of benzene rings is 2. The highest BCUT2D eigenvalue weighted by Gasteiger charge is 2.06. The summed E-state index contributed by atoms with van der Waals surface area (Å²) < 4.78 is 13.1. The Morgan fingerprint density at radius 1 is 1.17 bits per heavy atom. The zero-order valence-corrected chi connectivity index (χ0v) is 13.9. The van der Waals surface area contributed by atoms with Crippen LogP contribution in [-0.4, -0.2) is 17.4 Å². The summed E-state index contributed by atoms with van der Waals surface area (Å²) in [5.41, 5.74) is 3.11. The molecule has 0 aliphatic rings. The Morgan fingerprint density at radius 2 is 1.96 bits per heavy atom. The predicted octanol–water partition coefficient (Wildman–Crippen LogP) is 4.31. The molecule has 4 nitrogen and oxygen atoms in total. The highest BCUT2D eigenvalue weighted by atomic mass is 32.1. The molecule has 2 aromatic carbocycles. The Balaban J connectivity index is 1.62. The molecule has 6 heteroatoms. The smallest absolute Gasteiger partial charge is 0.243 e. The van der Waals surface area contributed by atoms with Crippen LogP contribution in [0.25, 0.3) is 11.3 Å². The van der Waals surface area contributed by atoms with E-state index < -0.39 is 0 Å². The van der Waals surface area contributed by atoms with Crippen molar-refractivity contribution in [2.75, 3.05) is 17.2 Å². The summed E-state index contributed by atoms with van der Waals surface area (Å²) in [4.78, 5) is 16.5. The summed E-state index contributed by atoms with van der Waals surface area (Å²) in [6.07, 6.45) is 0. The second-order valence-electron chi connectivity index (χ2n) is 5.24. The highest BCUT2D eigenvalue weighted by molar-refractivity contribution is 7.09. The zero-order valence-electron chi connectivity index (χ0n) is 13.0. The minimum atomic E-state index is -0.341. The number of halogens is 1. The van der Waals surface area contributed by atoms with Gasteiger partial charge in [0.05, 0.1) is 17.2 Å². The molecule has 1 amide bonds. The molecule has 1 heterocycles. The van der Waals surface area contributed by atoms with Gasteiger partial charge in [0.1, 0.15) is 5.82 Å². The first kappa shape index (κ1) is 16.1. The largest absolute Gasteiger partial charge is 0.376 e. The number of rotatable bonds is 5. The van der Waals surface area contributed by atoms with Gasteiger partial charge in [-0.25, -0.2) is 9.37 Å². The first-order valence-corrected chi connectivity index (χ1v) is 8.30. The van der Waals surface area contributed by atoms with Crippen LogP contribution in [-0.2, 0) is 4.79 Å². The van der Waals surface area contributed by atoms with Gasteiger partial charge in [-0.1, -0.05) is 18.2 Å². The SMILES string of the molecule is Cc1nc(-c2cccc(NC(=O)CNc3cccc(F)c3)c2)cs1. The molecule has 0 atom stereocenters. The molecule has 3 rings (SSSR count). The number of nitrogens with one attached hydrogen (secondary N) is 2. The fourth-order valence-electron chi connectivity index (χ4n) is 2.24. The van der Waals surface area contributed by atoms with Gasteiger partial charge in [0.15, 0.2) is 0 Å². The van der Waals surface area contributed by atoms with Crippen LogP contribution in [0.3, 0.4) is 0 Å². The molecule has 0 unspecified atom stereocenters. The second-order valence-corrected chi connectivity index (χ2v) is 6.31. The Kier molecular flexibility index (Phi) is 4.86. The predicted molar refractivity (Wildman–Crippen MR) is 95.8 cm³/mol. The Hall–Kier alpha value is -2.73. The van der Waals surface area contributed by atoms with Crippen molar-refractivity contribution in [2.24, 2.45) is 0 Å². The molecule has 0 saturated heterocycles. The molecule has 0 aliphatic carbocycles. The third-order valence-electron chi connectivity index (χ3n) is 3.34. The summed E-state index contributed by atoms with van der Waals surface area (Å²) in [6, 6.07) is 13.5. The average molecular weight is 341 g/mol. The number of carbonyl (C=O) groups excluding carboxylic acids is 1. The van der Waals surface area contributed by atoms with Crippen LogP contribution in [0.4, 0.5) is 15.8 Å². The van der Waals surface area contributed by atoms with E-state index in [4.69, 9.17) is 0 Å². The third-order valence-corrected chi connectivity index (χ3v) is 4.11. The fourth-order valence-corrected chi connectivity index (χ4v) is 2.86. The summed E-state index contributed by atoms with van der Waals surface area (Å²) >= 11 is 1.59. The summed E-state index contributed by atoms with van der Waals surface area (Å²) in [5.74, 6) is -0.544. The van der Waals surface area contributed by atoms with Gasteiger partial charge in [-0.3, -0.25) is 4.79 Å². The first-order valence-electron chi connectivity index (χ1n) is 7.42. The molecule has 3 aromatic rings. The van der Waals surface area contributed by atoms with Gasteiger partial charge in [0.25, 0.3) is 0 Å². The number of hydrogen-bond donors (Lipinski definition) is 2. The van der Waals surface area contributed by atoms with Gasteiger partial charge in [-0.2, -0.15) is 0 Å². The van der Waals surface area contributed by atoms with E-state index in [-0.39, 0.29) is 18.3 Å². The number of nitrogens with zero attached hydrogens (tertiary/aromatic N) is 1. The van der Waals surface area contributed by atoms with Crippen LogP contribution in [0.2, 0.25) is 0 Å². The lowest BCUT2D eigenvalue weighted by Gasteiger charge is -2.09. The van der Waals surface area contributed by atoms with Crippen molar-refractivity contribution in [3.05, 3.63) is 64.7 Å². The first-order chi connectivity index (χ1) is 11.6. The van der Waals surface area contributed by atoms with E-state index in [2.05, 4.69) is 15.6 Å². The lowest BCUT2D eigenvalue weighted by Crippen LogP contribution is -2.21. The van der Waals surface area contributed by atoms with Gasteiger partial charge in [0.2, 0.25) is 5.91 Å². The van der Waals surface area contributed by atoms with E-state index in [9.17, 15) is 9.18 Å². The maximum atomic E-state index is 13.1. The summed E-state index contributed by atoms with van der Waals surface area (Å²) in [7, 11) is 0. The van der Waals surface area contributed by atoms with Crippen LogP contribution in [0.1, 0.15) is 5.01 Å². The maximum absolute atomic E-state index is 13.1. The molecule has 0 bridgehead atoms. The maximum Gasteiger partial charge on any atom is 0.243 e. The van der Waals surface area contributed by atoms with Gasteiger partial charge >= 0.3 is 0 Å². The van der Waals surface area contributed by atoms with Crippen LogP contribution in [0, 0.1) is 12.7 Å². The molecule has 2 N–H and O–H groups in total. The third kappa shape index (κ3) is 4.17. The number of amides is 1. The molecule has 0 saturated carbocycles. The quantitative estimate of drug-likeness (QED) is 0.727. The summed E-state index contributed by atoms with van der Waals surface area (Å²) in [5, 5.41) is 8.70. The molecule has 0 radical (unpaired) electrons. The lowest BCUT2D eigenvalue weighted by molar-refractivity contribution is -0.114. The van der Waals surface area contributed by atoms with Crippen LogP contribution in [0.5, 0.6) is 0 Å². The Morgan fingerprint density at radius 3 is 2.71 bits per heavy atom. The molecule has 0 spiro atoms. The summed E-state index contributed by atoms with van der Waals surface area (Å²) in [6.45, 7) is 2.02. The van der Waals surface area contributed by atoms with Gasteiger partial charge in [-0.05, 0) is 37.3 Å². The van der Waals surface area contributed by atoms with Gasteiger partial charge in [0, 0.05) is 22.3 Å². The number of hydrogen-bond acceptors (Lipinski definition) is 4. The molecule has 0 fully saturated rings. The van der Waals surface area contributed by atoms with Crippen molar-refractivity contribution in [3.63, 3.8) is 0 Å². The van der Waals surface area contributed by atoms with E-state index in [0.29, 0.717) is 11.4 Å². The molecule has 24 heavy (non-hydrogen) atoms. The number of aryl methyl sites for hydroxylation is 1. The Bertz CT molecular complexity index is 863. The van der Waals surface area contributed by atoms with Crippen molar-refractivity contribution in [1.82, 2.24) is 4.98 Å². The van der Waals surface area contributed by atoms with Crippen LogP contribution >= 0.6 is 11.3 Å². The molecule has 1 aromatic heterocycles.